The molecule has 0 aromatic heterocycles. The van der Waals surface area contributed by atoms with Gasteiger partial charge in [-0.2, -0.15) is 0 Å². The van der Waals surface area contributed by atoms with Crippen LogP contribution in [-0.4, -0.2) is 35.5 Å². The smallest absolute Gasteiger partial charge is 0.325 e. The van der Waals surface area contributed by atoms with E-state index < -0.39 is 30.4 Å². The van der Waals surface area contributed by atoms with E-state index in [1.54, 1.807) is 0 Å². The zero-order valence-electron chi connectivity index (χ0n) is 8.40. The Kier molecular flexibility index (Phi) is 3.74. The van der Waals surface area contributed by atoms with Gasteiger partial charge in [0.25, 0.3) is 0 Å². The summed E-state index contributed by atoms with van der Waals surface area (Å²) < 4.78 is 6.98. The first-order chi connectivity index (χ1) is 6.34. The minimum atomic E-state index is -1.17. The molecule has 74 valence electrons. The predicted octanol–water partition coefficient (Wildman–Crippen LogP) is -1.29. The summed E-state index contributed by atoms with van der Waals surface area (Å²) in [6, 6.07) is -1.03. The minimum absolute atomic E-state index is 0.448. The standard InChI is InChI=1S/C7H12N2O4/c1-4(7(12)13)9-6(11)3-8-5(2)10/h4H,3H2,1-2H3,(H,8,10)(H,9,11)(H,12,13)/t4-/m0/s1/i/hD. The van der Waals surface area contributed by atoms with E-state index in [1.807, 2.05) is 0 Å². The van der Waals surface area contributed by atoms with Gasteiger partial charge in [-0.3, -0.25) is 14.4 Å². The summed E-state index contributed by atoms with van der Waals surface area (Å²) >= 11 is 0. The molecule has 0 saturated heterocycles. The highest BCUT2D eigenvalue weighted by Crippen LogP contribution is 1.79. The maximum atomic E-state index is 11.0. The number of carbonyl (C=O) groups is 3. The molecule has 0 aliphatic rings. The first kappa shape index (κ1) is 9.50. The van der Waals surface area contributed by atoms with Crippen LogP contribution < -0.4 is 10.6 Å². The van der Waals surface area contributed by atoms with E-state index in [0.717, 1.165) is 6.92 Å². The maximum Gasteiger partial charge on any atom is 0.325 e. The molecule has 0 bridgehead atoms. The first-order valence-corrected chi connectivity index (χ1v) is 3.63. The van der Waals surface area contributed by atoms with Crippen molar-refractivity contribution in [2.75, 3.05) is 6.54 Å². The molecule has 0 aromatic rings. The number of nitrogens with one attached hydrogen (secondary N) is 2. The lowest BCUT2D eigenvalue weighted by Crippen LogP contribution is -2.43. The Hall–Kier alpha value is -1.59. The molecule has 13 heavy (non-hydrogen) atoms. The van der Waals surface area contributed by atoms with Crippen LogP contribution in [0.15, 0.2) is 0 Å². The van der Waals surface area contributed by atoms with Crippen molar-refractivity contribution >= 4 is 17.8 Å². The molecule has 3 N–H and O–H groups in total. The number of carboxylic acid groups (broad SMARTS) is 1. The van der Waals surface area contributed by atoms with Gasteiger partial charge in [0, 0.05) is 6.92 Å². The molecule has 0 aliphatic carbocycles. The van der Waals surface area contributed by atoms with E-state index in [2.05, 4.69) is 5.32 Å². The largest absolute Gasteiger partial charge is 0.480 e. The van der Waals surface area contributed by atoms with E-state index >= 15 is 0 Å². The molecule has 0 aromatic carbocycles. The van der Waals surface area contributed by atoms with Crippen LogP contribution in [0.3, 0.4) is 0 Å². The van der Waals surface area contributed by atoms with Gasteiger partial charge in [0.1, 0.15) is 6.04 Å². The van der Waals surface area contributed by atoms with Gasteiger partial charge in [-0.1, -0.05) is 0 Å². The maximum absolute atomic E-state index is 11.0. The van der Waals surface area contributed by atoms with Crippen molar-refractivity contribution in [1.29, 1.82) is 0 Å². The van der Waals surface area contributed by atoms with Crippen molar-refractivity contribution in [3.63, 3.8) is 0 Å². The fourth-order valence-corrected chi connectivity index (χ4v) is 0.532. The molecule has 1 atom stereocenters. The Morgan fingerprint density at radius 3 is 2.46 bits per heavy atom. The number of aliphatic carboxylic acids is 1. The summed E-state index contributed by atoms with van der Waals surface area (Å²) in [4.78, 5) is 31.8. The Labute approximate surface area is 76.8 Å². The van der Waals surface area contributed by atoms with Gasteiger partial charge < -0.3 is 15.7 Å². The Balaban J connectivity index is 3.99. The van der Waals surface area contributed by atoms with Crippen LogP contribution in [0.1, 0.15) is 13.8 Å². The third kappa shape index (κ3) is 5.66. The van der Waals surface area contributed by atoms with Crippen molar-refractivity contribution in [2.45, 2.75) is 19.9 Å². The number of hydrogen-bond donors (Lipinski definition) is 3. The summed E-state index contributed by atoms with van der Waals surface area (Å²) in [7, 11) is 0. The number of amides is 2. The van der Waals surface area contributed by atoms with E-state index in [9.17, 15) is 14.4 Å². The van der Waals surface area contributed by atoms with Crippen molar-refractivity contribution < 1.29 is 20.9 Å². The molecule has 0 spiro atoms. The molecular formula is C7H12N2O4. The molecule has 6 nitrogen and oxygen atoms in total. The van der Waals surface area contributed by atoms with Crippen molar-refractivity contribution in [3.05, 3.63) is 0 Å². The molecular weight excluding hydrogens is 176 g/mol. The van der Waals surface area contributed by atoms with Crippen molar-refractivity contribution in [2.24, 2.45) is 0 Å². The number of hydrogen-bond acceptors (Lipinski definition) is 3. The van der Waals surface area contributed by atoms with Crippen molar-refractivity contribution in [3.8, 4) is 0 Å². The second-order valence-electron chi connectivity index (χ2n) is 2.46. The zero-order chi connectivity index (χ0) is 11.3. The topological polar surface area (TPSA) is 95.5 Å². The van der Waals surface area contributed by atoms with Gasteiger partial charge in [0.15, 0.2) is 1.41 Å². The van der Waals surface area contributed by atoms with Crippen LogP contribution in [-0.2, 0) is 14.4 Å². The van der Waals surface area contributed by atoms with Crippen LogP contribution in [0.5, 0.6) is 0 Å². The number of rotatable bonds is 4. The van der Waals surface area contributed by atoms with Gasteiger partial charge in [0.2, 0.25) is 11.8 Å². The lowest BCUT2D eigenvalue weighted by Gasteiger charge is -2.08. The van der Waals surface area contributed by atoms with Crippen LogP contribution >= 0.6 is 0 Å². The van der Waals surface area contributed by atoms with Gasteiger partial charge >= 0.3 is 5.97 Å². The monoisotopic (exact) mass is 189 g/mol. The quantitative estimate of drug-likeness (QED) is 0.513. The Morgan fingerprint density at radius 1 is 1.54 bits per heavy atom. The third-order valence-electron chi connectivity index (χ3n) is 1.19. The van der Waals surface area contributed by atoms with E-state index in [1.165, 1.54) is 6.92 Å². The fraction of sp³-hybridized carbons (Fsp3) is 0.571. The molecule has 2 amide bonds. The van der Waals surface area contributed by atoms with Crippen LogP contribution in [0.4, 0.5) is 0 Å². The Bertz CT molecular complexity index is 232. The molecule has 6 heteroatoms. The fourth-order valence-electron chi connectivity index (χ4n) is 0.532. The zero-order valence-corrected chi connectivity index (χ0v) is 7.40. The second kappa shape index (κ2) is 5.13. The van der Waals surface area contributed by atoms with E-state index in [4.69, 9.17) is 6.52 Å². The van der Waals surface area contributed by atoms with Crippen LogP contribution in [0.2, 0.25) is 1.41 Å². The summed E-state index contributed by atoms with van der Waals surface area (Å²) in [6.07, 6.45) is 0. The normalized spacial score (nSPS) is 12.6. The average Bonchev–Trinajstić information content (AvgIpc) is 2.03. The molecule has 0 rings (SSSR count). The minimum Gasteiger partial charge on any atom is -0.480 e. The van der Waals surface area contributed by atoms with Crippen LogP contribution in [0.25, 0.3) is 0 Å². The SMILES string of the molecule is [2H]N(CC(=O)N[C@@H](C)C(=O)O)C(C)=O. The van der Waals surface area contributed by atoms with Gasteiger partial charge in [-0.15, -0.1) is 0 Å². The molecule has 0 heterocycles. The third-order valence-corrected chi connectivity index (χ3v) is 1.19. The first-order valence-electron chi connectivity index (χ1n) is 4.08. The molecule has 0 saturated carbocycles. The van der Waals surface area contributed by atoms with Crippen molar-refractivity contribution in [1.82, 2.24) is 10.6 Å². The van der Waals surface area contributed by atoms with E-state index in [0.29, 0.717) is 5.31 Å². The van der Waals surface area contributed by atoms with Gasteiger partial charge in [-0.05, 0) is 6.92 Å². The highest BCUT2D eigenvalue weighted by atomic mass is 16.4. The summed E-state index contributed by atoms with van der Waals surface area (Å²) in [5.41, 5.74) is 0. The number of carboxylic acids is 1. The Morgan fingerprint density at radius 2 is 2.08 bits per heavy atom. The number of carbonyl (C=O) groups excluding carboxylic acids is 2. The lowest BCUT2D eigenvalue weighted by atomic mass is 10.3. The molecule has 0 fully saturated rings. The summed E-state index contributed by atoms with van der Waals surface area (Å²) in [6.45, 7) is 1.97. The molecule has 0 radical (unpaired) electrons. The highest BCUT2D eigenvalue weighted by Gasteiger charge is 2.13. The van der Waals surface area contributed by atoms with Gasteiger partial charge in [-0.25, -0.2) is 0 Å². The lowest BCUT2D eigenvalue weighted by molar-refractivity contribution is -0.141. The summed E-state index contributed by atoms with van der Waals surface area (Å²) in [5.74, 6) is -2.43. The second-order valence-corrected chi connectivity index (χ2v) is 2.46. The average molecular weight is 189 g/mol. The molecule has 0 unspecified atom stereocenters. The predicted molar refractivity (Wildman–Crippen MR) is 43.9 cm³/mol. The highest BCUT2D eigenvalue weighted by molar-refractivity contribution is 5.87. The van der Waals surface area contributed by atoms with E-state index in [-0.39, 0.29) is 0 Å². The van der Waals surface area contributed by atoms with Crippen LogP contribution in [0, 0.1) is 0 Å². The summed E-state index contributed by atoms with van der Waals surface area (Å²) in [5, 5.41) is 11.0. The molecule has 0 aliphatic heterocycles. The van der Waals surface area contributed by atoms with Gasteiger partial charge in [0.05, 0.1) is 6.54 Å².